The van der Waals surface area contributed by atoms with E-state index >= 15 is 0 Å². The second kappa shape index (κ2) is 9.48. The molecule has 1 aromatic rings. The number of hydrogen-bond acceptors (Lipinski definition) is 2. The van der Waals surface area contributed by atoms with Crippen LogP contribution in [0.15, 0.2) is 72.5 Å². The van der Waals surface area contributed by atoms with Crippen LogP contribution in [0.25, 0.3) is 0 Å². The van der Waals surface area contributed by atoms with Crippen LogP contribution in [0.5, 0.6) is 0 Å². The molecule has 0 aromatic heterocycles. The minimum atomic E-state index is -0.214. The van der Waals surface area contributed by atoms with Gasteiger partial charge in [-0.15, -0.1) is 0 Å². The van der Waals surface area contributed by atoms with Crippen LogP contribution in [-0.4, -0.2) is 6.29 Å². The molecule has 0 amide bonds. The summed E-state index contributed by atoms with van der Waals surface area (Å²) in [5, 5.41) is 3.07. The summed E-state index contributed by atoms with van der Waals surface area (Å²) in [5.74, 6) is -0.214. The highest BCUT2D eigenvalue weighted by molar-refractivity contribution is 5.76. The van der Waals surface area contributed by atoms with Gasteiger partial charge in [0.15, 0.2) is 0 Å². The molecule has 0 radical (unpaired) electrons. The second-order valence-corrected chi connectivity index (χ2v) is 4.21. The Morgan fingerprint density at radius 3 is 2.24 bits per heavy atom. The van der Waals surface area contributed by atoms with Crippen LogP contribution in [0.2, 0.25) is 0 Å². The van der Waals surface area contributed by atoms with E-state index in [1.807, 2.05) is 6.20 Å². The molecular weight excluding hydrogens is 265 g/mol. The summed E-state index contributed by atoms with van der Waals surface area (Å²) < 4.78 is 12.5. The van der Waals surface area contributed by atoms with Crippen LogP contribution in [-0.2, 0) is 4.79 Å². The first-order valence-corrected chi connectivity index (χ1v) is 6.24. The molecule has 0 heterocycles. The Morgan fingerprint density at radius 1 is 1.33 bits per heavy atom. The van der Waals surface area contributed by atoms with Crippen molar-refractivity contribution >= 4 is 12.0 Å². The molecule has 21 heavy (non-hydrogen) atoms. The van der Waals surface area contributed by atoms with Gasteiger partial charge in [-0.25, -0.2) is 4.39 Å². The van der Waals surface area contributed by atoms with Crippen molar-refractivity contribution in [3.8, 4) is 0 Å². The van der Waals surface area contributed by atoms with Crippen molar-refractivity contribution in [2.24, 2.45) is 0 Å². The number of benzene rings is 1. The summed E-state index contributed by atoms with van der Waals surface area (Å²) >= 11 is 0. The Labute approximate surface area is 126 Å². The van der Waals surface area contributed by atoms with Gasteiger partial charge in [-0.3, -0.25) is 4.79 Å². The number of carbonyl (C=O) groups excluding carboxylic acids is 1. The van der Waals surface area contributed by atoms with Crippen LogP contribution in [0, 0.1) is 5.82 Å². The summed E-state index contributed by atoms with van der Waals surface area (Å²) in [5.41, 5.74) is 3.95. The van der Waals surface area contributed by atoms with Crippen molar-refractivity contribution in [1.29, 1.82) is 0 Å². The summed E-state index contributed by atoms with van der Waals surface area (Å²) in [6.07, 6.45) is 6.91. The van der Waals surface area contributed by atoms with Gasteiger partial charge in [0.25, 0.3) is 0 Å². The zero-order chi connectivity index (χ0) is 15.0. The molecule has 0 spiro atoms. The summed E-state index contributed by atoms with van der Waals surface area (Å²) in [6.45, 7) is 9.01. The van der Waals surface area contributed by atoms with E-state index in [4.69, 9.17) is 0 Å². The minimum Gasteiger partial charge on any atom is -0.361 e. The molecule has 0 saturated heterocycles. The van der Waals surface area contributed by atoms with Gasteiger partial charge in [0.1, 0.15) is 12.1 Å². The van der Waals surface area contributed by atoms with E-state index in [0.29, 0.717) is 5.57 Å². The number of anilines is 1. The molecule has 2 rings (SSSR count). The van der Waals surface area contributed by atoms with Crippen molar-refractivity contribution in [3.05, 3.63) is 78.3 Å². The Bertz CT molecular complexity index is 543. The van der Waals surface area contributed by atoms with Gasteiger partial charge < -0.3 is 5.32 Å². The number of hydrogen-bond donors (Lipinski definition) is 1. The number of halogens is 1. The molecule has 1 aliphatic rings. The smallest absolute Gasteiger partial charge is 0.149 e. The highest BCUT2D eigenvalue weighted by Gasteiger charge is 2.16. The van der Waals surface area contributed by atoms with Gasteiger partial charge in [0.05, 0.1) is 0 Å². The van der Waals surface area contributed by atoms with E-state index in [0.717, 1.165) is 18.4 Å². The molecule has 1 aliphatic carbocycles. The molecule has 1 N–H and O–H groups in total. The molecule has 0 aliphatic heterocycles. The lowest BCUT2D eigenvalue weighted by Crippen LogP contribution is -1.86. The lowest BCUT2D eigenvalue weighted by molar-refractivity contribution is -0.104. The first-order valence-electron chi connectivity index (χ1n) is 6.24. The second-order valence-electron chi connectivity index (χ2n) is 4.21. The molecule has 1 fully saturated rings. The van der Waals surface area contributed by atoms with Crippen LogP contribution in [0.4, 0.5) is 10.1 Å². The average Bonchev–Trinajstić information content (AvgIpc) is 3.17. The fourth-order valence-corrected chi connectivity index (χ4v) is 1.29. The van der Waals surface area contributed by atoms with Crippen molar-refractivity contribution < 1.29 is 9.18 Å². The topological polar surface area (TPSA) is 29.1 Å². The highest BCUT2D eigenvalue weighted by Crippen LogP contribution is 2.34. The monoisotopic (exact) mass is 287 g/mol. The third-order valence-electron chi connectivity index (χ3n) is 2.70. The van der Waals surface area contributed by atoms with Gasteiger partial charge >= 0.3 is 0 Å². The van der Waals surface area contributed by atoms with Crippen molar-refractivity contribution in [2.75, 3.05) is 5.32 Å². The maximum Gasteiger partial charge on any atom is 0.149 e. The van der Waals surface area contributed by atoms with E-state index < -0.39 is 0 Å². The van der Waals surface area contributed by atoms with Crippen molar-refractivity contribution in [1.82, 2.24) is 0 Å². The molecule has 0 unspecified atom stereocenters. The quantitative estimate of drug-likeness (QED) is 0.478. The van der Waals surface area contributed by atoms with E-state index in [2.05, 4.69) is 18.5 Å². The van der Waals surface area contributed by atoms with Crippen LogP contribution >= 0.6 is 0 Å². The van der Waals surface area contributed by atoms with Gasteiger partial charge in [-0.2, -0.15) is 0 Å². The van der Waals surface area contributed by atoms with Crippen LogP contribution < -0.4 is 5.32 Å². The van der Waals surface area contributed by atoms with Crippen molar-refractivity contribution in [2.45, 2.75) is 20.8 Å². The summed E-state index contributed by atoms with van der Waals surface area (Å²) in [4.78, 5) is 9.83. The Balaban J connectivity index is 0.000000436. The largest absolute Gasteiger partial charge is 0.361 e. The zero-order valence-electron chi connectivity index (χ0n) is 11.5. The minimum absolute atomic E-state index is 0. The van der Waals surface area contributed by atoms with E-state index in [9.17, 15) is 9.18 Å². The van der Waals surface area contributed by atoms with E-state index in [1.54, 1.807) is 25.1 Å². The number of rotatable bonds is 4. The average molecular weight is 287 g/mol. The SMILES string of the molecule is C.C=C/C(C=O)=C\C.C=C1C/C1=C/Nc1ccc(F)cc1. The van der Waals surface area contributed by atoms with E-state index in [1.165, 1.54) is 29.4 Å². The number of nitrogens with one attached hydrogen (secondary N) is 1. The molecular formula is C18H22FNO. The number of carbonyl (C=O) groups is 1. The highest BCUT2D eigenvalue weighted by atomic mass is 19.1. The molecule has 112 valence electrons. The van der Waals surface area contributed by atoms with Crippen molar-refractivity contribution in [3.63, 3.8) is 0 Å². The number of allylic oxidation sites excluding steroid dienone is 5. The van der Waals surface area contributed by atoms with Gasteiger partial charge in [0, 0.05) is 17.5 Å². The standard InChI is InChI=1S/C11H10FN.C6H8O.CH4/c1-8-6-9(8)7-13-11-4-2-10(12)3-5-11;1-3-6(4-2)5-7;/h2-5,7,13H,1,6H2;3-5H,1H2,2H3;1H4/b9-7-;6-4+;. The lowest BCUT2D eigenvalue weighted by Gasteiger charge is -1.98. The fraction of sp³-hybridized carbons (Fsp3) is 0.167. The maximum absolute atomic E-state index is 12.5. The van der Waals surface area contributed by atoms with E-state index in [-0.39, 0.29) is 13.2 Å². The summed E-state index contributed by atoms with van der Waals surface area (Å²) in [7, 11) is 0. The third kappa shape index (κ3) is 7.06. The predicted octanol–water partition coefficient (Wildman–Crippen LogP) is 5.04. The molecule has 0 bridgehead atoms. The fourth-order valence-electron chi connectivity index (χ4n) is 1.29. The van der Waals surface area contributed by atoms with Gasteiger partial charge in [0.2, 0.25) is 0 Å². The Kier molecular flexibility index (Phi) is 8.39. The Morgan fingerprint density at radius 2 is 1.90 bits per heavy atom. The first kappa shape index (κ1) is 18.6. The summed E-state index contributed by atoms with van der Waals surface area (Å²) in [6, 6.07) is 6.28. The van der Waals surface area contributed by atoms with Gasteiger partial charge in [-0.1, -0.05) is 32.7 Å². The van der Waals surface area contributed by atoms with Crippen LogP contribution in [0.3, 0.4) is 0 Å². The molecule has 3 heteroatoms. The maximum atomic E-state index is 12.5. The first-order chi connectivity index (χ1) is 9.60. The molecule has 1 saturated carbocycles. The zero-order valence-corrected chi connectivity index (χ0v) is 11.5. The Hall–Kier alpha value is -2.42. The third-order valence-corrected chi connectivity index (χ3v) is 2.70. The van der Waals surface area contributed by atoms with Gasteiger partial charge in [-0.05, 0) is 48.8 Å². The predicted molar refractivity (Wildman–Crippen MR) is 88.6 cm³/mol. The van der Waals surface area contributed by atoms with Crippen LogP contribution in [0.1, 0.15) is 20.8 Å². The number of aldehydes is 1. The molecule has 2 nitrogen and oxygen atoms in total. The lowest BCUT2D eigenvalue weighted by atomic mass is 10.3. The normalized spacial score (nSPS) is 14.5. The molecule has 0 atom stereocenters. The molecule has 1 aromatic carbocycles.